The number of halogens is 1. The van der Waals surface area contributed by atoms with Crippen LogP contribution in [0.15, 0.2) is 46.3 Å². The SMILES string of the molecule is COc1ccc(C(=O)Nc2c(N)nc(SCC(=O)Nc3ccc(C)c(Cl)c3)[nH]c2=O)cc1OC. The monoisotopic (exact) mass is 503 g/mol. The van der Waals surface area contributed by atoms with Gasteiger partial charge in [0.05, 0.1) is 20.0 Å². The van der Waals surface area contributed by atoms with Crippen LogP contribution in [0.1, 0.15) is 15.9 Å². The number of rotatable bonds is 8. The number of nitrogens with two attached hydrogens (primary N) is 1. The van der Waals surface area contributed by atoms with Gasteiger partial charge in [-0.1, -0.05) is 29.4 Å². The van der Waals surface area contributed by atoms with Gasteiger partial charge in [-0.2, -0.15) is 0 Å². The highest BCUT2D eigenvalue weighted by Crippen LogP contribution is 2.28. The standard InChI is InChI=1S/C22H22ClN5O5S/c1-11-4-6-13(9-14(11)23)25-17(29)10-34-22-27-19(24)18(21(31)28-22)26-20(30)12-5-7-15(32-2)16(8-12)33-3/h4-9H,10H2,1-3H3,(H,25,29)(H,26,30)(H3,24,27,28,31). The second kappa shape index (κ2) is 10.9. The molecule has 0 saturated carbocycles. The quantitative estimate of drug-likeness (QED) is 0.270. The number of amides is 2. The molecular formula is C22H22ClN5O5S. The second-order valence-corrected chi connectivity index (χ2v) is 8.33. The minimum atomic E-state index is -0.658. The number of anilines is 3. The molecule has 2 amide bonds. The maximum atomic E-state index is 12.6. The molecule has 12 heteroatoms. The lowest BCUT2D eigenvalue weighted by molar-refractivity contribution is -0.113. The lowest BCUT2D eigenvalue weighted by Gasteiger charge is -2.11. The molecule has 0 aliphatic rings. The van der Waals surface area contributed by atoms with Crippen LogP contribution in [0.25, 0.3) is 0 Å². The number of methoxy groups -OCH3 is 2. The van der Waals surface area contributed by atoms with E-state index in [9.17, 15) is 14.4 Å². The first-order chi connectivity index (χ1) is 16.2. The number of aromatic nitrogens is 2. The van der Waals surface area contributed by atoms with E-state index in [4.69, 9.17) is 26.8 Å². The zero-order valence-corrected chi connectivity index (χ0v) is 20.1. The highest BCUT2D eigenvalue weighted by atomic mass is 35.5. The summed E-state index contributed by atoms with van der Waals surface area (Å²) < 4.78 is 10.3. The first-order valence-corrected chi connectivity index (χ1v) is 11.2. The predicted molar refractivity (Wildman–Crippen MR) is 132 cm³/mol. The largest absolute Gasteiger partial charge is 0.493 e. The van der Waals surface area contributed by atoms with Gasteiger partial charge in [-0.05, 0) is 42.8 Å². The Labute approximate surface area is 204 Å². The Morgan fingerprint density at radius 2 is 1.85 bits per heavy atom. The molecule has 5 N–H and O–H groups in total. The van der Waals surface area contributed by atoms with Crippen LogP contribution in [-0.2, 0) is 4.79 Å². The molecule has 0 atom stereocenters. The predicted octanol–water partition coefficient (Wildman–Crippen LogP) is 3.31. The molecule has 10 nitrogen and oxygen atoms in total. The number of benzene rings is 2. The van der Waals surface area contributed by atoms with Crippen molar-refractivity contribution in [1.29, 1.82) is 0 Å². The van der Waals surface area contributed by atoms with E-state index in [2.05, 4.69) is 20.6 Å². The number of ether oxygens (including phenoxy) is 2. The van der Waals surface area contributed by atoms with Gasteiger partial charge in [-0.25, -0.2) is 4.98 Å². The topological polar surface area (TPSA) is 148 Å². The van der Waals surface area contributed by atoms with Crippen molar-refractivity contribution in [3.05, 3.63) is 62.9 Å². The van der Waals surface area contributed by atoms with Crippen molar-refractivity contribution in [1.82, 2.24) is 9.97 Å². The van der Waals surface area contributed by atoms with E-state index < -0.39 is 11.5 Å². The van der Waals surface area contributed by atoms with Gasteiger partial charge in [0.2, 0.25) is 5.91 Å². The van der Waals surface area contributed by atoms with Crippen molar-refractivity contribution in [2.75, 3.05) is 36.3 Å². The Bertz CT molecular complexity index is 1300. The van der Waals surface area contributed by atoms with E-state index in [1.165, 1.54) is 26.4 Å². The van der Waals surface area contributed by atoms with E-state index in [1.54, 1.807) is 24.3 Å². The Morgan fingerprint density at radius 3 is 2.50 bits per heavy atom. The minimum absolute atomic E-state index is 0.0365. The number of hydrogen-bond acceptors (Lipinski definition) is 8. The van der Waals surface area contributed by atoms with Crippen molar-refractivity contribution in [3.63, 3.8) is 0 Å². The molecule has 0 spiro atoms. The van der Waals surface area contributed by atoms with E-state index in [0.717, 1.165) is 17.3 Å². The molecule has 0 saturated heterocycles. The Kier molecular flexibility index (Phi) is 8.03. The van der Waals surface area contributed by atoms with E-state index in [0.29, 0.717) is 22.2 Å². The molecule has 34 heavy (non-hydrogen) atoms. The third-order valence-electron chi connectivity index (χ3n) is 4.61. The van der Waals surface area contributed by atoms with Gasteiger partial charge in [0.15, 0.2) is 22.5 Å². The van der Waals surface area contributed by atoms with Gasteiger partial charge in [0.25, 0.3) is 11.5 Å². The van der Waals surface area contributed by atoms with Gasteiger partial charge in [0, 0.05) is 16.3 Å². The number of aryl methyl sites for hydroxylation is 1. The van der Waals surface area contributed by atoms with Crippen molar-refractivity contribution in [2.24, 2.45) is 0 Å². The molecule has 0 aliphatic heterocycles. The number of carbonyl (C=O) groups excluding carboxylic acids is 2. The summed E-state index contributed by atoms with van der Waals surface area (Å²) in [7, 11) is 2.92. The minimum Gasteiger partial charge on any atom is -0.493 e. The summed E-state index contributed by atoms with van der Waals surface area (Å²) in [6.07, 6.45) is 0. The summed E-state index contributed by atoms with van der Waals surface area (Å²) in [5, 5.41) is 5.83. The molecule has 0 aliphatic carbocycles. The van der Waals surface area contributed by atoms with Gasteiger partial charge in [-0.3, -0.25) is 19.4 Å². The van der Waals surface area contributed by atoms with Crippen molar-refractivity contribution >= 4 is 52.4 Å². The van der Waals surface area contributed by atoms with Crippen LogP contribution in [0.2, 0.25) is 5.02 Å². The van der Waals surface area contributed by atoms with Crippen LogP contribution < -0.4 is 31.4 Å². The first-order valence-electron chi connectivity index (χ1n) is 9.83. The maximum absolute atomic E-state index is 12.6. The normalized spacial score (nSPS) is 10.5. The van der Waals surface area contributed by atoms with Crippen molar-refractivity contribution < 1.29 is 19.1 Å². The third kappa shape index (κ3) is 6.00. The Balaban J connectivity index is 1.66. The number of H-pyrrole nitrogens is 1. The molecule has 1 aromatic heterocycles. The molecule has 3 rings (SSSR count). The summed E-state index contributed by atoms with van der Waals surface area (Å²) in [5.41, 5.74) is 6.70. The van der Waals surface area contributed by atoms with Crippen LogP contribution in [0.3, 0.4) is 0 Å². The lowest BCUT2D eigenvalue weighted by Crippen LogP contribution is -2.23. The molecule has 3 aromatic rings. The number of nitrogens with one attached hydrogen (secondary N) is 3. The molecule has 0 unspecified atom stereocenters. The number of carbonyl (C=O) groups is 2. The average Bonchev–Trinajstić information content (AvgIpc) is 2.81. The van der Waals surface area contributed by atoms with Gasteiger partial charge < -0.3 is 25.8 Å². The average molecular weight is 504 g/mol. The van der Waals surface area contributed by atoms with Gasteiger partial charge in [-0.15, -0.1) is 0 Å². The number of nitrogen functional groups attached to an aromatic ring is 1. The van der Waals surface area contributed by atoms with Crippen LogP contribution in [0.5, 0.6) is 11.5 Å². The molecule has 0 bridgehead atoms. The summed E-state index contributed by atoms with van der Waals surface area (Å²) in [4.78, 5) is 43.9. The molecule has 2 aromatic carbocycles. The summed E-state index contributed by atoms with van der Waals surface area (Å²) in [6, 6.07) is 9.72. The molecular weight excluding hydrogens is 482 g/mol. The van der Waals surface area contributed by atoms with E-state index in [1.807, 2.05) is 6.92 Å². The third-order valence-corrected chi connectivity index (χ3v) is 5.89. The second-order valence-electron chi connectivity index (χ2n) is 6.96. The number of hydrogen-bond donors (Lipinski definition) is 4. The Hall–Kier alpha value is -3.70. The Morgan fingerprint density at radius 1 is 1.12 bits per heavy atom. The van der Waals surface area contributed by atoms with E-state index >= 15 is 0 Å². The number of thioether (sulfide) groups is 1. The molecule has 0 radical (unpaired) electrons. The van der Waals surface area contributed by atoms with Crippen LogP contribution >= 0.6 is 23.4 Å². The summed E-state index contributed by atoms with van der Waals surface area (Å²) in [6.45, 7) is 1.86. The van der Waals surface area contributed by atoms with Crippen LogP contribution in [0.4, 0.5) is 17.2 Å². The zero-order chi connectivity index (χ0) is 24.8. The highest BCUT2D eigenvalue weighted by molar-refractivity contribution is 7.99. The zero-order valence-electron chi connectivity index (χ0n) is 18.5. The van der Waals surface area contributed by atoms with Crippen LogP contribution in [-0.4, -0.2) is 41.8 Å². The molecule has 178 valence electrons. The van der Waals surface area contributed by atoms with Gasteiger partial charge in [0.1, 0.15) is 5.69 Å². The summed E-state index contributed by atoms with van der Waals surface area (Å²) in [5.74, 6) is -0.327. The number of aromatic amines is 1. The first kappa shape index (κ1) is 24.9. The maximum Gasteiger partial charge on any atom is 0.277 e. The summed E-state index contributed by atoms with van der Waals surface area (Å²) >= 11 is 7.04. The fourth-order valence-corrected chi connectivity index (χ4v) is 3.67. The number of nitrogens with zero attached hydrogens (tertiary/aromatic N) is 1. The fourth-order valence-electron chi connectivity index (χ4n) is 2.82. The lowest BCUT2D eigenvalue weighted by atomic mass is 10.2. The fraction of sp³-hybridized carbons (Fsp3) is 0.182. The highest BCUT2D eigenvalue weighted by Gasteiger charge is 2.16. The van der Waals surface area contributed by atoms with Gasteiger partial charge >= 0.3 is 0 Å². The van der Waals surface area contributed by atoms with Crippen molar-refractivity contribution in [3.8, 4) is 11.5 Å². The molecule has 0 fully saturated rings. The smallest absolute Gasteiger partial charge is 0.277 e. The molecule has 1 heterocycles. The van der Waals surface area contributed by atoms with E-state index in [-0.39, 0.29) is 33.9 Å². The van der Waals surface area contributed by atoms with Crippen molar-refractivity contribution in [2.45, 2.75) is 12.1 Å². The van der Waals surface area contributed by atoms with Crippen LogP contribution in [0, 0.1) is 6.92 Å².